The highest BCUT2D eigenvalue weighted by Gasteiger charge is 2.12. The minimum absolute atomic E-state index is 0.396. The van der Waals surface area contributed by atoms with Crippen molar-refractivity contribution in [1.82, 2.24) is 15.0 Å². The molecule has 0 spiro atoms. The smallest absolute Gasteiger partial charge is 0.328 e. The molecule has 0 bridgehead atoms. The fourth-order valence-corrected chi connectivity index (χ4v) is 3.65. The number of hydrogen-bond acceptors (Lipinski definition) is 8. The lowest BCUT2D eigenvalue weighted by Crippen LogP contribution is -2.09. The van der Waals surface area contributed by atoms with Gasteiger partial charge in [0.05, 0.1) is 14.2 Å². The van der Waals surface area contributed by atoms with Gasteiger partial charge in [-0.05, 0) is 47.4 Å². The van der Waals surface area contributed by atoms with Crippen molar-refractivity contribution in [2.24, 2.45) is 0 Å². The number of rotatable bonds is 11. The van der Waals surface area contributed by atoms with Crippen LogP contribution in [0.2, 0.25) is 0 Å². The Morgan fingerprint density at radius 3 is 2.49 bits per heavy atom. The van der Waals surface area contributed by atoms with Crippen LogP contribution in [0, 0.1) is 0 Å². The monoisotopic (exact) mass is 497 g/mol. The highest BCUT2D eigenvalue weighted by molar-refractivity contribution is 5.86. The Balaban J connectivity index is 1.64. The van der Waals surface area contributed by atoms with Crippen molar-refractivity contribution in [2.75, 3.05) is 31.4 Å². The van der Waals surface area contributed by atoms with Gasteiger partial charge in [0.25, 0.3) is 0 Å². The number of methoxy groups -OCH3 is 2. The molecule has 0 aliphatic rings. The summed E-state index contributed by atoms with van der Waals surface area (Å²) < 4.78 is 10.7. The molecule has 0 aliphatic heterocycles. The quantitative estimate of drug-likeness (QED) is 0.245. The molecule has 0 atom stereocenters. The second kappa shape index (κ2) is 12.2. The summed E-state index contributed by atoms with van der Waals surface area (Å²) in [6, 6.07) is 16.9. The van der Waals surface area contributed by atoms with Crippen LogP contribution < -0.4 is 20.1 Å². The molecule has 0 amide bonds. The largest absolute Gasteiger partial charge is 0.497 e. The molecule has 3 N–H and O–H groups in total. The standard InChI is InChI=1S/C28H27N5O4/c1-36-23-15-22(16-24(17-23)37-2)32-28-31-18-25(21-5-3-4-20(14-21)6-7-26(34)35)27(33-28)30-13-10-19-8-11-29-12-9-19/h3-9,11-12,14-18H,10,13H2,1-2H3,(H,34,35)(H2,30,31,32,33)/b7-6+. The van der Waals surface area contributed by atoms with E-state index in [0.29, 0.717) is 35.5 Å². The number of pyridine rings is 1. The zero-order valence-corrected chi connectivity index (χ0v) is 20.5. The molecule has 0 aliphatic carbocycles. The molecule has 188 valence electrons. The summed E-state index contributed by atoms with van der Waals surface area (Å²) in [6.45, 7) is 0.638. The number of carboxylic acids is 1. The zero-order chi connectivity index (χ0) is 26.0. The van der Waals surface area contributed by atoms with E-state index in [0.717, 1.165) is 34.8 Å². The number of nitrogens with zero attached hydrogens (tertiary/aromatic N) is 3. The number of nitrogens with one attached hydrogen (secondary N) is 2. The molecule has 37 heavy (non-hydrogen) atoms. The van der Waals surface area contributed by atoms with E-state index in [1.165, 1.54) is 0 Å². The number of carboxylic acid groups (broad SMARTS) is 1. The van der Waals surface area contributed by atoms with E-state index >= 15 is 0 Å². The maximum absolute atomic E-state index is 10.9. The van der Waals surface area contributed by atoms with Gasteiger partial charge < -0.3 is 25.2 Å². The van der Waals surface area contributed by atoms with Gasteiger partial charge in [-0.3, -0.25) is 4.98 Å². The van der Waals surface area contributed by atoms with Crippen molar-refractivity contribution in [3.63, 3.8) is 0 Å². The summed E-state index contributed by atoms with van der Waals surface area (Å²) in [4.78, 5) is 24.3. The number of anilines is 3. The summed E-state index contributed by atoms with van der Waals surface area (Å²) in [5.41, 5.74) is 4.27. The number of benzene rings is 2. The second-order valence-corrected chi connectivity index (χ2v) is 8.01. The summed E-state index contributed by atoms with van der Waals surface area (Å²) in [5.74, 6) is 1.31. The predicted octanol–water partition coefficient (Wildman–Crippen LogP) is 5.05. The fourth-order valence-electron chi connectivity index (χ4n) is 3.65. The van der Waals surface area contributed by atoms with Gasteiger partial charge in [0.1, 0.15) is 17.3 Å². The van der Waals surface area contributed by atoms with Crippen LogP contribution in [0.25, 0.3) is 17.2 Å². The first-order valence-corrected chi connectivity index (χ1v) is 11.6. The van der Waals surface area contributed by atoms with E-state index in [1.807, 2.05) is 48.5 Å². The molecule has 2 aromatic heterocycles. The normalized spacial score (nSPS) is 10.8. The molecule has 0 unspecified atom stereocenters. The number of carbonyl (C=O) groups is 1. The van der Waals surface area contributed by atoms with Crippen LogP contribution in [0.4, 0.5) is 17.5 Å². The zero-order valence-electron chi connectivity index (χ0n) is 20.5. The summed E-state index contributed by atoms with van der Waals surface area (Å²) >= 11 is 0. The van der Waals surface area contributed by atoms with Gasteiger partial charge in [-0.25, -0.2) is 9.78 Å². The Hall–Kier alpha value is -4.92. The van der Waals surface area contributed by atoms with Crippen molar-refractivity contribution in [1.29, 1.82) is 0 Å². The van der Waals surface area contributed by atoms with Crippen molar-refractivity contribution in [3.8, 4) is 22.6 Å². The van der Waals surface area contributed by atoms with Crippen LogP contribution >= 0.6 is 0 Å². The van der Waals surface area contributed by atoms with E-state index in [1.54, 1.807) is 45.0 Å². The molecule has 4 aromatic rings. The number of aromatic nitrogens is 3. The Morgan fingerprint density at radius 1 is 1.03 bits per heavy atom. The van der Waals surface area contributed by atoms with E-state index in [-0.39, 0.29) is 0 Å². The third-order valence-corrected chi connectivity index (χ3v) is 5.47. The second-order valence-electron chi connectivity index (χ2n) is 8.01. The van der Waals surface area contributed by atoms with E-state index in [2.05, 4.69) is 20.6 Å². The van der Waals surface area contributed by atoms with Gasteiger partial charge in [0, 0.05) is 60.7 Å². The van der Waals surface area contributed by atoms with Gasteiger partial charge in [-0.15, -0.1) is 0 Å². The third kappa shape index (κ3) is 7.04. The molecule has 0 fully saturated rings. The lowest BCUT2D eigenvalue weighted by atomic mass is 10.0. The molecular weight excluding hydrogens is 470 g/mol. The molecule has 2 aromatic carbocycles. The lowest BCUT2D eigenvalue weighted by molar-refractivity contribution is -0.131. The van der Waals surface area contributed by atoms with Crippen LogP contribution in [0.15, 0.2) is 79.3 Å². The summed E-state index contributed by atoms with van der Waals surface area (Å²) in [7, 11) is 3.18. The molecular formula is C28H27N5O4. The minimum Gasteiger partial charge on any atom is -0.497 e. The van der Waals surface area contributed by atoms with Gasteiger partial charge >= 0.3 is 5.97 Å². The predicted molar refractivity (Wildman–Crippen MR) is 143 cm³/mol. The molecule has 0 radical (unpaired) electrons. The Labute approximate surface area is 214 Å². The van der Waals surface area contributed by atoms with Crippen LogP contribution in [-0.4, -0.2) is 46.8 Å². The molecule has 9 nitrogen and oxygen atoms in total. The Morgan fingerprint density at radius 2 is 1.78 bits per heavy atom. The van der Waals surface area contributed by atoms with Crippen LogP contribution in [0.3, 0.4) is 0 Å². The number of hydrogen-bond donors (Lipinski definition) is 3. The topological polar surface area (TPSA) is 118 Å². The lowest BCUT2D eigenvalue weighted by Gasteiger charge is -2.14. The van der Waals surface area contributed by atoms with E-state index in [9.17, 15) is 4.79 Å². The highest BCUT2D eigenvalue weighted by Crippen LogP contribution is 2.30. The highest BCUT2D eigenvalue weighted by atomic mass is 16.5. The summed E-state index contributed by atoms with van der Waals surface area (Å²) in [5, 5.41) is 15.6. The van der Waals surface area contributed by atoms with Crippen molar-refractivity contribution < 1.29 is 19.4 Å². The first-order valence-electron chi connectivity index (χ1n) is 11.6. The minimum atomic E-state index is -1.00. The van der Waals surface area contributed by atoms with Gasteiger partial charge in [-0.1, -0.05) is 18.2 Å². The number of aliphatic carboxylic acids is 1. The average Bonchev–Trinajstić information content (AvgIpc) is 2.92. The summed E-state index contributed by atoms with van der Waals surface area (Å²) in [6.07, 6.45) is 8.72. The van der Waals surface area contributed by atoms with E-state index in [4.69, 9.17) is 19.6 Å². The molecule has 0 saturated carbocycles. The first-order chi connectivity index (χ1) is 18.0. The molecule has 9 heteroatoms. The Kier molecular flexibility index (Phi) is 8.28. The van der Waals surface area contributed by atoms with Gasteiger partial charge in [0.2, 0.25) is 5.95 Å². The SMILES string of the molecule is COc1cc(Nc2ncc(-c3cccc(/C=C/C(=O)O)c3)c(NCCc3ccncc3)n2)cc(OC)c1. The van der Waals surface area contributed by atoms with Gasteiger partial charge in [-0.2, -0.15) is 4.98 Å². The fraction of sp³-hybridized carbons (Fsp3) is 0.143. The van der Waals surface area contributed by atoms with E-state index < -0.39 is 5.97 Å². The Bertz CT molecular complexity index is 1370. The third-order valence-electron chi connectivity index (χ3n) is 5.47. The van der Waals surface area contributed by atoms with Crippen molar-refractivity contribution >= 4 is 29.5 Å². The van der Waals surface area contributed by atoms with Gasteiger partial charge in [0.15, 0.2) is 0 Å². The van der Waals surface area contributed by atoms with Crippen LogP contribution in [0.1, 0.15) is 11.1 Å². The number of ether oxygens (including phenoxy) is 2. The first kappa shape index (κ1) is 25.2. The van der Waals surface area contributed by atoms with Crippen LogP contribution in [0.5, 0.6) is 11.5 Å². The van der Waals surface area contributed by atoms with Crippen molar-refractivity contribution in [3.05, 3.63) is 90.4 Å². The molecule has 4 rings (SSSR count). The molecule has 2 heterocycles. The molecule has 0 saturated heterocycles. The van der Waals surface area contributed by atoms with Crippen molar-refractivity contribution in [2.45, 2.75) is 6.42 Å². The average molecular weight is 498 g/mol. The van der Waals surface area contributed by atoms with Crippen LogP contribution in [-0.2, 0) is 11.2 Å². The maximum atomic E-state index is 10.9. The maximum Gasteiger partial charge on any atom is 0.328 e.